The predicted molar refractivity (Wildman–Crippen MR) is 35.6 cm³/mol. The van der Waals surface area contributed by atoms with Gasteiger partial charge in [-0.2, -0.15) is 0 Å². The van der Waals surface area contributed by atoms with E-state index in [2.05, 4.69) is 20.4 Å². The van der Waals surface area contributed by atoms with E-state index >= 15 is 0 Å². The van der Waals surface area contributed by atoms with Crippen LogP contribution in [0.4, 0.5) is 0 Å². The molecule has 0 aliphatic carbocycles. The Labute approximate surface area is 62.5 Å². The summed E-state index contributed by atoms with van der Waals surface area (Å²) in [6, 6.07) is 0. The third-order valence-corrected chi connectivity index (χ3v) is 1.35. The van der Waals surface area contributed by atoms with Crippen molar-refractivity contribution in [2.24, 2.45) is 0 Å². The van der Waals surface area contributed by atoms with Crippen molar-refractivity contribution in [1.29, 1.82) is 0 Å². The first-order chi connectivity index (χ1) is 5.38. The molecular weight excluding hydrogens is 144 g/mol. The maximum Gasteiger partial charge on any atom is 0.149 e. The van der Waals surface area contributed by atoms with Crippen LogP contribution >= 0.6 is 0 Å². The van der Waals surface area contributed by atoms with Gasteiger partial charge in [-0.3, -0.25) is 0 Å². The van der Waals surface area contributed by atoms with Gasteiger partial charge in [-0.05, 0) is 6.92 Å². The van der Waals surface area contributed by atoms with E-state index in [1.54, 1.807) is 28.3 Å². The van der Waals surface area contributed by atoms with Crippen molar-refractivity contribution < 1.29 is 0 Å². The lowest BCUT2D eigenvalue weighted by atomic mass is 10.7. The van der Waals surface area contributed by atoms with Gasteiger partial charge in [0.2, 0.25) is 0 Å². The SMILES string of the molecule is Cc1nncn1-n1cnnc1. The van der Waals surface area contributed by atoms with Crippen LogP contribution in [0.3, 0.4) is 0 Å². The molecule has 0 aromatic carbocycles. The molecule has 0 spiro atoms. The van der Waals surface area contributed by atoms with Gasteiger partial charge in [0.1, 0.15) is 24.8 Å². The van der Waals surface area contributed by atoms with Crippen molar-refractivity contribution >= 4 is 0 Å². The lowest BCUT2D eigenvalue weighted by Gasteiger charge is -1.99. The van der Waals surface area contributed by atoms with Crippen molar-refractivity contribution in [3.63, 3.8) is 0 Å². The van der Waals surface area contributed by atoms with Gasteiger partial charge in [0.15, 0.2) is 0 Å². The Kier molecular flexibility index (Phi) is 1.18. The minimum Gasteiger partial charge on any atom is -0.221 e. The largest absolute Gasteiger partial charge is 0.221 e. The van der Waals surface area contributed by atoms with Gasteiger partial charge < -0.3 is 0 Å². The fourth-order valence-corrected chi connectivity index (χ4v) is 0.821. The number of hydrogen-bond donors (Lipinski definition) is 0. The topological polar surface area (TPSA) is 61.4 Å². The van der Waals surface area contributed by atoms with E-state index in [9.17, 15) is 0 Å². The minimum atomic E-state index is 0.796. The molecule has 0 saturated heterocycles. The van der Waals surface area contributed by atoms with E-state index in [-0.39, 0.29) is 0 Å². The van der Waals surface area contributed by atoms with E-state index in [0.29, 0.717) is 0 Å². The van der Waals surface area contributed by atoms with Gasteiger partial charge in [-0.1, -0.05) is 0 Å². The molecule has 0 saturated carbocycles. The second-order valence-corrected chi connectivity index (χ2v) is 2.06. The smallest absolute Gasteiger partial charge is 0.149 e. The van der Waals surface area contributed by atoms with Crippen LogP contribution in [-0.4, -0.2) is 29.7 Å². The number of aromatic nitrogens is 6. The number of rotatable bonds is 1. The van der Waals surface area contributed by atoms with E-state index in [0.717, 1.165) is 5.82 Å². The van der Waals surface area contributed by atoms with Crippen molar-refractivity contribution in [2.45, 2.75) is 6.92 Å². The maximum atomic E-state index is 3.81. The lowest BCUT2D eigenvalue weighted by molar-refractivity contribution is 0.630. The third-order valence-electron chi connectivity index (χ3n) is 1.35. The Morgan fingerprint density at radius 1 is 1.09 bits per heavy atom. The van der Waals surface area contributed by atoms with E-state index < -0.39 is 0 Å². The van der Waals surface area contributed by atoms with E-state index in [4.69, 9.17) is 0 Å². The van der Waals surface area contributed by atoms with Crippen molar-refractivity contribution in [2.75, 3.05) is 0 Å². The quantitative estimate of drug-likeness (QED) is 0.549. The van der Waals surface area contributed by atoms with Crippen LogP contribution in [0.25, 0.3) is 0 Å². The van der Waals surface area contributed by atoms with Crippen LogP contribution in [0.1, 0.15) is 5.82 Å². The van der Waals surface area contributed by atoms with Crippen LogP contribution in [0.15, 0.2) is 19.0 Å². The summed E-state index contributed by atoms with van der Waals surface area (Å²) in [6.45, 7) is 1.85. The summed E-state index contributed by atoms with van der Waals surface area (Å²) < 4.78 is 3.43. The standard InChI is InChI=1S/C5H6N6/c1-5-9-8-4-11(5)10-2-6-7-3-10/h2-4H,1H3. The summed E-state index contributed by atoms with van der Waals surface area (Å²) in [5, 5.41) is 14.8. The summed E-state index contributed by atoms with van der Waals surface area (Å²) in [6.07, 6.45) is 4.76. The van der Waals surface area contributed by atoms with Crippen molar-refractivity contribution in [1.82, 2.24) is 29.7 Å². The minimum absolute atomic E-state index is 0.796. The molecule has 0 radical (unpaired) electrons. The summed E-state index contributed by atoms with van der Waals surface area (Å²) in [4.78, 5) is 0. The predicted octanol–water partition coefficient (Wildman–Crippen LogP) is -0.511. The average molecular weight is 150 g/mol. The van der Waals surface area contributed by atoms with E-state index in [1.165, 1.54) is 0 Å². The van der Waals surface area contributed by atoms with Crippen LogP contribution < -0.4 is 0 Å². The molecule has 0 atom stereocenters. The first-order valence-electron chi connectivity index (χ1n) is 3.10. The monoisotopic (exact) mass is 150 g/mol. The Morgan fingerprint density at radius 3 is 2.36 bits per heavy atom. The fraction of sp³-hybridized carbons (Fsp3) is 0.200. The zero-order valence-corrected chi connectivity index (χ0v) is 5.92. The fourth-order valence-electron chi connectivity index (χ4n) is 0.821. The molecule has 0 fully saturated rings. The normalized spacial score (nSPS) is 10.3. The molecule has 6 nitrogen and oxygen atoms in total. The highest BCUT2D eigenvalue weighted by Gasteiger charge is 1.97. The van der Waals surface area contributed by atoms with Crippen LogP contribution in [-0.2, 0) is 0 Å². The molecule has 2 aromatic heterocycles. The summed E-state index contributed by atoms with van der Waals surface area (Å²) >= 11 is 0. The highest BCUT2D eigenvalue weighted by Crippen LogP contribution is 1.91. The summed E-state index contributed by atoms with van der Waals surface area (Å²) in [5.41, 5.74) is 0. The Morgan fingerprint density at radius 2 is 1.82 bits per heavy atom. The molecule has 2 rings (SSSR count). The molecule has 0 N–H and O–H groups in total. The van der Waals surface area contributed by atoms with Gasteiger partial charge in [-0.25, -0.2) is 9.35 Å². The molecule has 56 valence electrons. The first kappa shape index (κ1) is 6.02. The van der Waals surface area contributed by atoms with Crippen LogP contribution in [0, 0.1) is 6.92 Å². The Balaban J connectivity index is 2.53. The highest BCUT2D eigenvalue weighted by atomic mass is 15.5. The number of aryl methyl sites for hydroxylation is 1. The Bertz CT molecular complexity index is 333. The molecular formula is C5H6N6. The van der Waals surface area contributed by atoms with Gasteiger partial charge in [0.05, 0.1) is 0 Å². The highest BCUT2D eigenvalue weighted by molar-refractivity contribution is 4.82. The number of hydrogen-bond acceptors (Lipinski definition) is 4. The summed E-state index contributed by atoms with van der Waals surface area (Å²) in [7, 11) is 0. The zero-order chi connectivity index (χ0) is 7.68. The van der Waals surface area contributed by atoms with Gasteiger partial charge in [-0.15, -0.1) is 20.4 Å². The van der Waals surface area contributed by atoms with Crippen molar-refractivity contribution in [3.05, 3.63) is 24.8 Å². The summed E-state index contributed by atoms with van der Waals surface area (Å²) in [5.74, 6) is 0.796. The Hall–Kier alpha value is -1.72. The van der Waals surface area contributed by atoms with Crippen LogP contribution in [0.5, 0.6) is 0 Å². The average Bonchev–Trinajstić information content (AvgIpc) is 2.55. The van der Waals surface area contributed by atoms with Gasteiger partial charge in [0.25, 0.3) is 0 Å². The van der Waals surface area contributed by atoms with Crippen molar-refractivity contribution in [3.8, 4) is 0 Å². The maximum absolute atomic E-state index is 3.81. The molecule has 2 aromatic rings. The lowest BCUT2D eigenvalue weighted by Crippen LogP contribution is -2.06. The number of nitrogens with zero attached hydrogens (tertiary/aromatic N) is 6. The molecule has 0 unspecified atom stereocenters. The second-order valence-electron chi connectivity index (χ2n) is 2.06. The van der Waals surface area contributed by atoms with Gasteiger partial charge in [0, 0.05) is 0 Å². The molecule has 2 heterocycles. The zero-order valence-electron chi connectivity index (χ0n) is 5.92. The van der Waals surface area contributed by atoms with E-state index in [1.807, 2.05) is 6.92 Å². The molecule has 0 aliphatic heterocycles. The molecule has 6 heteroatoms. The third kappa shape index (κ3) is 0.878. The van der Waals surface area contributed by atoms with Crippen LogP contribution in [0.2, 0.25) is 0 Å². The molecule has 0 aliphatic rings. The molecule has 0 bridgehead atoms. The van der Waals surface area contributed by atoms with Gasteiger partial charge >= 0.3 is 0 Å². The molecule has 0 amide bonds. The first-order valence-corrected chi connectivity index (χ1v) is 3.10. The second kappa shape index (κ2) is 2.15. The molecule has 11 heavy (non-hydrogen) atoms.